The number of nitrogens with one attached hydrogen (secondary N) is 1. The van der Waals surface area contributed by atoms with Gasteiger partial charge in [0, 0.05) is 17.4 Å². The highest BCUT2D eigenvalue weighted by Crippen LogP contribution is 2.33. The highest BCUT2D eigenvalue weighted by molar-refractivity contribution is 7.14. The van der Waals surface area contributed by atoms with E-state index in [1.165, 1.54) is 11.3 Å². The Morgan fingerprint density at radius 2 is 1.93 bits per heavy atom. The predicted molar refractivity (Wildman–Crippen MR) is 106 cm³/mol. The van der Waals surface area contributed by atoms with Crippen molar-refractivity contribution in [1.29, 1.82) is 0 Å². The summed E-state index contributed by atoms with van der Waals surface area (Å²) in [5.74, 6) is 1.33. The second-order valence-electron chi connectivity index (χ2n) is 5.78. The minimum atomic E-state index is -0.147. The van der Waals surface area contributed by atoms with E-state index in [0.29, 0.717) is 23.1 Å². The highest BCUT2D eigenvalue weighted by atomic mass is 32.1. The van der Waals surface area contributed by atoms with Crippen LogP contribution < -0.4 is 14.8 Å². The third-order valence-electron chi connectivity index (χ3n) is 4.04. The van der Waals surface area contributed by atoms with E-state index in [1.54, 1.807) is 32.4 Å². The van der Waals surface area contributed by atoms with Crippen molar-refractivity contribution in [2.24, 2.45) is 0 Å². The van der Waals surface area contributed by atoms with E-state index < -0.39 is 0 Å². The molecular weight excluding hydrogens is 364 g/mol. The molecule has 6 nitrogen and oxygen atoms in total. The lowest BCUT2D eigenvalue weighted by molar-refractivity contribution is -0.116. The molecule has 0 radical (unpaired) electrons. The third kappa shape index (κ3) is 4.57. The van der Waals surface area contributed by atoms with Crippen LogP contribution in [0, 0.1) is 0 Å². The maximum atomic E-state index is 12.2. The zero-order valence-electron chi connectivity index (χ0n) is 15.1. The molecule has 1 heterocycles. The summed E-state index contributed by atoms with van der Waals surface area (Å²) < 4.78 is 10.6. The average Bonchev–Trinajstić information content (AvgIpc) is 3.15. The molecule has 0 bridgehead atoms. The monoisotopic (exact) mass is 384 g/mol. The fourth-order valence-corrected chi connectivity index (χ4v) is 3.35. The predicted octanol–water partition coefficient (Wildman–Crippen LogP) is 4.10. The van der Waals surface area contributed by atoms with E-state index in [0.717, 1.165) is 16.8 Å². The van der Waals surface area contributed by atoms with Gasteiger partial charge in [0.1, 0.15) is 5.75 Å². The van der Waals surface area contributed by atoms with Crippen LogP contribution in [-0.2, 0) is 11.2 Å². The Morgan fingerprint density at radius 3 is 2.67 bits per heavy atom. The zero-order chi connectivity index (χ0) is 19.2. The summed E-state index contributed by atoms with van der Waals surface area (Å²) in [7, 11) is 3.17. The number of phenols is 1. The number of rotatable bonds is 7. The van der Waals surface area contributed by atoms with Gasteiger partial charge in [0.2, 0.25) is 5.91 Å². The minimum absolute atomic E-state index is 0.147. The smallest absolute Gasteiger partial charge is 0.226 e. The van der Waals surface area contributed by atoms with E-state index >= 15 is 0 Å². The fraction of sp³-hybridized carbons (Fsp3) is 0.200. The van der Waals surface area contributed by atoms with E-state index in [1.807, 2.05) is 29.6 Å². The van der Waals surface area contributed by atoms with Crippen molar-refractivity contribution in [3.05, 3.63) is 53.4 Å². The standard InChI is InChI=1S/C20H20N2O4S/c1-25-17-9-7-14(11-18(17)26-2)15-12-27-20(21-15)22-19(24)10-8-13-5-3-4-6-16(13)23/h3-7,9,11-12,23H,8,10H2,1-2H3,(H,21,22,24). The largest absolute Gasteiger partial charge is 0.508 e. The number of phenolic OH excluding ortho intramolecular Hbond substituents is 1. The van der Waals surface area contributed by atoms with E-state index in [-0.39, 0.29) is 18.1 Å². The number of benzene rings is 2. The number of carbonyl (C=O) groups is 1. The normalized spacial score (nSPS) is 10.4. The molecule has 3 rings (SSSR count). The zero-order valence-corrected chi connectivity index (χ0v) is 15.9. The number of amides is 1. The topological polar surface area (TPSA) is 80.7 Å². The van der Waals surface area contributed by atoms with E-state index in [2.05, 4.69) is 10.3 Å². The number of carbonyl (C=O) groups excluding carboxylic acids is 1. The fourth-order valence-electron chi connectivity index (χ4n) is 2.61. The van der Waals surface area contributed by atoms with Crippen molar-refractivity contribution in [2.75, 3.05) is 19.5 Å². The van der Waals surface area contributed by atoms with Crippen LogP contribution in [0.3, 0.4) is 0 Å². The molecule has 0 aliphatic heterocycles. The first kappa shape index (κ1) is 18.7. The maximum Gasteiger partial charge on any atom is 0.226 e. The number of aromatic hydroxyl groups is 1. The minimum Gasteiger partial charge on any atom is -0.508 e. The summed E-state index contributed by atoms with van der Waals surface area (Å²) in [5.41, 5.74) is 2.37. The number of aromatic nitrogens is 1. The molecule has 1 aromatic heterocycles. The molecule has 0 spiro atoms. The molecule has 0 unspecified atom stereocenters. The molecule has 0 fully saturated rings. The van der Waals surface area contributed by atoms with Gasteiger partial charge in [-0.25, -0.2) is 4.98 Å². The Kier molecular flexibility index (Phi) is 5.93. The van der Waals surface area contributed by atoms with Crippen molar-refractivity contribution in [2.45, 2.75) is 12.8 Å². The molecule has 0 saturated carbocycles. The number of hydrogen-bond donors (Lipinski definition) is 2. The number of para-hydroxylation sites is 1. The second-order valence-corrected chi connectivity index (χ2v) is 6.64. The number of ether oxygens (including phenoxy) is 2. The Morgan fingerprint density at radius 1 is 1.15 bits per heavy atom. The molecule has 0 aliphatic rings. The number of methoxy groups -OCH3 is 2. The van der Waals surface area contributed by atoms with Gasteiger partial charge in [-0.15, -0.1) is 11.3 Å². The summed E-state index contributed by atoms with van der Waals surface area (Å²) >= 11 is 1.36. The molecule has 3 aromatic rings. The van der Waals surface area contributed by atoms with Gasteiger partial charge in [-0.05, 0) is 36.2 Å². The van der Waals surface area contributed by atoms with Crippen LogP contribution in [-0.4, -0.2) is 30.2 Å². The molecule has 1 amide bonds. The van der Waals surface area contributed by atoms with Crippen LogP contribution in [0.1, 0.15) is 12.0 Å². The van der Waals surface area contributed by atoms with Crippen molar-refractivity contribution in [3.63, 3.8) is 0 Å². The second kappa shape index (κ2) is 8.55. The summed E-state index contributed by atoms with van der Waals surface area (Å²) in [4.78, 5) is 16.6. The van der Waals surface area contributed by atoms with Gasteiger partial charge in [0.05, 0.1) is 19.9 Å². The first-order valence-electron chi connectivity index (χ1n) is 8.35. The van der Waals surface area contributed by atoms with Crippen LogP contribution in [0.2, 0.25) is 0 Å². The van der Waals surface area contributed by atoms with Gasteiger partial charge in [-0.3, -0.25) is 4.79 Å². The summed E-state index contributed by atoms with van der Waals surface area (Å²) in [6, 6.07) is 12.6. The third-order valence-corrected chi connectivity index (χ3v) is 4.80. The van der Waals surface area contributed by atoms with Crippen molar-refractivity contribution in [3.8, 4) is 28.5 Å². The highest BCUT2D eigenvalue weighted by Gasteiger charge is 2.11. The summed E-state index contributed by atoms with van der Waals surface area (Å²) in [6.45, 7) is 0. The lowest BCUT2D eigenvalue weighted by atomic mass is 10.1. The molecule has 0 saturated heterocycles. The van der Waals surface area contributed by atoms with Crippen molar-refractivity contribution >= 4 is 22.4 Å². The summed E-state index contributed by atoms with van der Waals surface area (Å²) in [6.07, 6.45) is 0.731. The van der Waals surface area contributed by atoms with Gasteiger partial charge >= 0.3 is 0 Å². The molecule has 0 aliphatic carbocycles. The van der Waals surface area contributed by atoms with Crippen LogP contribution in [0.15, 0.2) is 47.8 Å². The first-order valence-corrected chi connectivity index (χ1v) is 9.23. The Labute approximate surface area is 161 Å². The molecule has 140 valence electrons. The maximum absolute atomic E-state index is 12.2. The molecule has 2 aromatic carbocycles. The number of aryl methyl sites for hydroxylation is 1. The molecule has 27 heavy (non-hydrogen) atoms. The van der Waals surface area contributed by atoms with Gasteiger partial charge in [-0.2, -0.15) is 0 Å². The lowest BCUT2D eigenvalue weighted by Gasteiger charge is -2.08. The lowest BCUT2D eigenvalue weighted by Crippen LogP contribution is -2.12. The van der Waals surface area contributed by atoms with E-state index in [4.69, 9.17) is 9.47 Å². The number of hydrogen-bond acceptors (Lipinski definition) is 6. The van der Waals surface area contributed by atoms with E-state index in [9.17, 15) is 9.90 Å². The van der Waals surface area contributed by atoms with Gasteiger partial charge in [-0.1, -0.05) is 18.2 Å². The van der Waals surface area contributed by atoms with Crippen molar-refractivity contribution < 1.29 is 19.4 Å². The Hall–Kier alpha value is -3.06. The molecule has 2 N–H and O–H groups in total. The molecule has 0 atom stereocenters. The van der Waals surface area contributed by atoms with Gasteiger partial charge in [0.25, 0.3) is 0 Å². The Bertz CT molecular complexity index is 939. The quantitative estimate of drug-likeness (QED) is 0.641. The van der Waals surface area contributed by atoms with Crippen LogP contribution in [0.25, 0.3) is 11.3 Å². The molecular formula is C20H20N2O4S. The van der Waals surface area contributed by atoms with Gasteiger partial charge < -0.3 is 19.9 Å². The Balaban J connectivity index is 1.64. The van der Waals surface area contributed by atoms with Crippen LogP contribution in [0.4, 0.5) is 5.13 Å². The average molecular weight is 384 g/mol. The van der Waals surface area contributed by atoms with Crippen molar-refractivity contribution in [1.82, 2.24) is 4.98 Å². The number of thiazole rings is 1. The molecule has 7 heteroatoms. The van der Waals surface area contributed by atoms with Crippen LogP contribution >= 0.6 is 11.3 Å². The first-order chi connectivity index (χ1) is 13.1. The summed E-state index contributed by atoms with van der Waals surface area (Å²) in [5, 5.41) is 15.0. The number of nitrogens with zero attached hydrogens (tertiary/aromatic N) is 1. The van der Waals surface area contributed by atoms with Crippen LogP contribution in [0.5, 0.6) is 17.2 Å². The SMILES string of the molecule is COc1ccc(-c2csc(NC(=O)CCc3ccccc3O)n2)cc1OC. The van der Waals surface area contributed by atoms with Gasteiger partial charge in [0.15, 0.2) is 16.6 Å². The number of anilines is 1.